The van der Waals surface area contributed by atoms with Gasteiger partial charge in [0.05, 0.1) is 11.3 Å². The van der Waals surface area contributed by atoms with Crippen molar-refractivity contribution in [1.29, 1.82) is 0 Å². The van der Waals surface area contributed by atoms with Crippen LogP contribution in [0, 0.1) is 13.8 Å². The molecule has 0 spiro atoms. The molecule has 108 valence electrons. The summed E-state index contributed by atoms with van der Waals surface area (Å²) in [6.07, 6.45) is 0. The predicted octanol–water partition coefficient (Wildman–Crippen LogP) is 3.74. The zero-order valence-corrected chi connectivity index (χ0v) is 13.6. The number of nitrogens with one attached hydrogen (secondary N) is 1. The van der Waals surface area contributed by atoms with E-state index in [2.05, 4.69) is 33.3 Å². The third kappa shape index (κ3) is 3.61. The molecule has 0 unspecified atom stereocenters. The Hall–Kier alpha value is -1.33. The van der Waals surface area contributed by atoms with E-state index < -0.39 is 0 Å². The minimum absolute atomic E-state index is 0.476. The van der Waals surface area contributed by atoms with Crippen molar-refractivity contribution in [1.82, 2.24) is 10.5 Å². The van der Waals surface area contributed by atoms with Crippen molar-refractivity contribution in [3.05, 3.63) is 45.3 Å². The summed E-state index contributed by atoms with van der Waals surface area (Å²) in [5, 5.41) is 7.24. The van der Waals surface area contributed by atoms with E-state index in [1.54, 1.807) is 0 Å². The third-order valence-corrected chi connectivity index (χ3v) is 3.92. The molecule has 1 heterocycles. The summed E-state index contributed by atoms with van der Waals surface area (Å²) in [5.74, 6) is 1.66. The van der Waals surface area contributed by atoms with Crippen LogP contribution in [0.1, 0.15) is 29.5 Å². The number of halogens is 1. The van der Waals surface area contributed by atoms with Crippen LogP contribution in [-0.2, 0) is 13.2 Å². The molecule has 0 saturated carbocycles. The summed E-state index contributed by atoms with van der Waals surface area (Å²) in [4.78, 5) is 0. The predicted molar refractivity (Wildman–Crippen MR) is 81.8 cm³/mol. The van der Waals surface area contributed by atoms with Crippen molar-refractivity contribution < 1.29 is 9.26 Å². The van der Waals surface area contributed by atoms with Crippen LogP contribution in [0.5, 0.6) is 5.75 Å². The molecule has 2 rings (SSSR count). The highest BCUT2D eigenvalue weighted by molar-refractivity contribution is 9.10. The van der Waals surface area contributed by atoms with Crippen molar-refractivity contribution in [3.8, 4) is 5.75 Å². The van der Waals surface area contributed by atoms with Crippen molar-refractivity contribution in [2.24, 2.45) is 0 Å². The van der Waals surface area contributed by atoms with E-state index in [1.807, 2.05) is 32.0 Å². The van der Waals surface area contributed by atoms with Crippen LogP contribution in [0.15, 0.2) is 27.2 Å². The van der Waals surface area contributed by atoms with Crippen molar-refractivity contribution >= 4 is 15.9 Å². The SMILES string of the molecule is CCNCc1cc(OCc2c(C)noc2C)ccc1Br. The van der Waals surface area contributed by atoms with Crippen LogP contribution in [-0.4, -0.2) is 11.7 Å². The molecule has 0 saturated heterocycles. The Balaban J connectivity index is 2.06. The van der Waals surface area contributed by atoms with Crippen molar-refractivity contribution in [2.75, 3.05) is 6.54 Å². The highest BCUT2D eigenvalue weighted by Gasteiger charge is 2.10. The van der Waals surface area contributed by atoms with E-state index in [-0.39, 0.29) is 0 Å². The second-order valence-electron chi connectivity index (χ2n) is 4.62. The number of rotatable bonds is 6. The number of nitrogens with zero attached hydrogens (tertiary/aromatic N) is 1. The average Bonchev–Trinajstić information content (AvgIpc) is 2.76. The van der Waals surface area contributed by atoms with Crippen LogP contribution in [0.25, 0.3) is 0 Å². The van der Waals surface area contributed by atoms with Gasteiger partial charge in [0, 0.05) is 11.0 Å². The topological polar surface area (TPSA) is 47.3 Å². The molecule has 0 fully saturated rings. The van der Waals surface area contributed by atoms with Gasteiger partial charge in [-0.05, 0) is 44.2 Å². The van der Waals surface area contributed by atoms with Gasteiger partial charge < -0.3 is 14.6 Å². The minimum Gasteiger partial charge on any atom is -0.489 e. The molecular weight excluding hydrogens is 320 g/mol. The van der Waals surface area contributed by atoms with Gasteiger partial charge in [-0.1, -0.05) is 28.0 Å². The van der Waals surface area contributed by atoms with Gasteiger partial charge in [0.1, 0.15) is 18.1 Å². The van der Waals surface area contributed by atoms with Crippen LogP contribution in [0.2, 0.25) is 0 Å². The summed E-state index contributed by atoms with van der Waals surface area (Å²) in [6, 6.07) is 6.01. The minimum atomic E-state index is 0.476. The molecule has 0 aliphatic carbocycles. The molecule has 1 aromatic carbocycles. The van der Waals surface area contributed by atoms with Crippen LogP contribution in [0.3, 0.4) is 0 Å². The molecular formula is C15H19BrN2O2. The average molecular weight is 339 g/mol. The second-order valence-corrected chi connectivity index (χ2v) is 5.48. The lowest BCUT2D eigenvalue weighted by Crippen LogP contribution is -2.12. The van der Waals surface area contributed by atoms with Gasteiger partial charge in [-0.2, -0.15) is 0 Å². The van der Waals surface area contributed by atoms with Crippen LogP contribution >= 0.6 is 15.9 Å². The molecule has 0 atom stereocenters. The largest absolute Gasteiger partial charge is 0.489 e. The summed E-state index contributed by atoms with van der Waals surface area (Å²) in [6.45, 7) is 8.15. The normalized spacial score (nSPS) is 10.8. The Kier molecular flexibility index (Phi) is 5.20. The maximum Gasteiger partial charge on any atom is 0.140 e. The molecule has 2 aromatic rings. The lowest BCUT2D eigenvalue weighted by molar-refractivity contribution is 0.301. The summed E-state index contributed by atoms with van der Waals surface area (Å²) < 4.78 is 12.1. The fourth-order valence-electron chi connectivity index (χ4n) is 1.90. The van der Waals surface area contributed by atoms with Gasteiger partial charge in [0.15, 0.2) is 0 Å². The molecule has 1 aromatic heterocycles. The van der Waals surface area contributed by atoms with E-state index in [4.69, 9.17) is 9.26 Å². The maximum atomic E-state index is 5.84. The lowest BCUT2D eigenvalue weighted by Gasteiger charge is -2.10. The Morgan fingerprint density at radius 1 is 1.35 bits per heavy atom. The first-order valence-electron chi connectivity index (χ1n) is 6.65. The van der Waals surface area contributed by atoms with E-state index in [0.29, 0.717) is 6.61 Å². The first-order valence-corrected chi connectivity index (χ1v) is 7.44. The quantitative estimate of drug-likeness (QED) is 0.871. The molecule has 0 aliphatic rings. The van der Waals surface area contributed by atoms with E-state index >= 15 is 0 Å². The lowest BCUT2D eigenvalue weighted by atomic mass is 10.2. The van der Waals surface area contributed by atoms with Gasteiger partial charge in [0.2, 0.25) is 0 Å². The standard InChI is InChI=1S/C15H19BrN2O2/c1-4-17-8-12-7-13(5-6-15(12)16)19-9-14-10(2)18-20-11(14)3/h5-7,17H,4,8-9H2,1-3H3. The molecule has 5 heteroatoms. The number of ether oxygens (including phenoxy) is 1. The van der Waals surface area contributed by atoms with Crippen molar-refractivity contribution in [2.45, 2.75) is 33.9 Å². The Morgan fingerprint density at radius 3 is 2.80 bits per heavy atom. The van der Waals surface area contributed by atoms with Crippen LogP contribution < -0.4 is 10.1 Å². The zero-order valence-electron chi connectivity index (χ0n) is 12.0. The summed E-state index contributed by atoms with van der Waals surface area (Å²) >= 11 is 3.55. The first kappa shape index (κ1) is 15.1. The number of aromatic nitrogens is 1. The van der Waals surface area contributed by atoms with Gasteiger partial charge in [0.25, 0.3) is 0 Å². The van der Waals surface area contributed by atoms with E-state index in [0.717, 1.165) is 40.3 Å². The van der Waals surface area contributed by atoms with Gasteiger partial charge >= 0.3 is 0 Å². The summed E-state index contributed by atoms with van der Waals surface area (Å²) in [5.41, 5.74) is 3.08. The number of hydrogen-bond donors (Lipinski definition) is 1. The fraction of sp³-hybridized carbons (Fsp3) is 0.400. The Labute approximate surface area is 127 Å². The van der Waals surface area contributed by atoms with Gasteiger partial charge in [-0.15, -0.1) is 0 Å². The van der Waals surface area contributed by atoms with E-state index in [9.17, 15) is 0 Å². The molecule has 0 bridgehead atoms. The zero-order chi connectivity index (χ0) is 14.5. The molecule has 1 N–H and O–H groups in total. The summed E-state index contributed by atoms with van der Waals surface area (Å²) in [7, 11) is 0. The Morgan fingerprint density at radius 2 is 2.15 bits per heavy atom. The second kappa shape index (κ2) is 6.90. The molecule has 0 amide bonds. The van der Waals surface area contributed by atoms with Crippen LogP contribution in [0.4, 0.5) is 0 Å². The molecule has 0 radical (unpaired) electrons. The maximum absolute atomic E-state index is 5.84. The Bertz CT molecular complexity index is 562. The van der Waals surface area contributed by atoms with Gasteiger partial charge in [-0.25, -0.2) is 0 Å². The van der Waals surface area contributed by atoms with Gasteiger partial charge in [-0.3, -0.25) is 0 Å². The molecule has 20 heavy (non-hydrogen) atoms. The third-order valence-electron chi connectivity index (χ3n) is 3.15. The smallest absolute Gasteiger partial charge is 0.140 e. The van der Waals surface area contributed by atoms with Crippen molar-refractivity contribution in [3.63, 3.8) is 0 Å². The van der Waals surface area contributed by atoms with E-state index in [1.165, 1.54) is 5.56 Å². The highest BCUT2D eigenvalue weighted by Crippen LogP contribution is 2.24. The molecule has 0 aliphatic heterocycles. The number of benzene rings is 1. The number of aryl methyl sites for hydroxylation is 2. The monoisotopic (exact) mass is 338 g/mol. The fourth-order valence-corrected chi connectivity index (χ4v) is 2.29. The highest BCUT2D eigenvalue weighted by atomic mass is 79.9. The number of hydrogen-bond acceptors (Lipinski definition) is 4. The first-order chi connectivity index (χ1) is 9.61. The molecule has 4 nitrogen and oxygen atoms in total.